The van der Waals surface area contributed by atoms with Crippen molar-refractivity contribution in [1.29, 1.82) is 0 Å². The highest BCUT2D eigenvalue weighted by molar-refractivity contribution is 6.33. The second-order valence-electron chi connectivity index (χ2n) is 9.60. The van der Waals surface area contributed by atoms with Crippen molar-refractivity contribution in [3.63, 3.8) is 0 Å². The van der Waals surface area contributed by atoms with Crippen LogP contribution in [0.5, 0.6) is 0 Å². The topological polar surface area (TPSA) is 54.0 Å². The second kappa shape index (κ2) is 7.68. The van der Waals surface area contributed by atoms with Gasteiger partial charge in [0, 0.05) is 51.0 Å². The fourth-order valence-corrected chi connectivity index (χ4v) is 5.12. The van der Waals surface area contributed by atoms with Crippen molar-refractivity contribution in [1.82, 2.24) is 15.6 Å². The smallest absolute Gasteiger partial charge is 0.251 e. The van der Waals surface area contributed by atoms with Crippen LogP contribution in [0, 0.1) is 0 Å². The first-order chi connectivity index (χ1) is 14.1. The molecular weight excluding hydrogens is 394 g/mol. The van der Waals surface area contributed by atoms with Gasteiger partial charge in [-0.2, -0.15) is 0 Å². The predicted octanol–water partition coefficient (Wildman–Crippen LogP) is 5.59. The third-order valence-electron chi connectivity index (χ3n) is 5.71. The molecule has 4 rings (SSSR count). The van der Waals surface area contributed by atoms with E-state index in [0.29, 0.717) is 10.6 Å². The van der Waals surface area contributed by atoms with E-state index in [2.05, 4.69) is 49.4 Å². The molecule has 1 amide bonds. The van der Waals surface area contributed by atoms with Gasteiger partial charge in [0.25, 0.3) is 5.91 Å². The number of benzene rings is 2. The Labute approximate surface area is 183 Å². The monoisotopic (exact) mass is 421 g/mol. The van der Waals surface area contributed by atoms with E-state index in [4.69, 9.17) is 11.6 Å². The first-order valence-electron chi connectivity index (χ1n) is 10.4. The van der Waals surface area contributed by atoms with Crippen molar-refractivity contribution >= 4 is 28.3 Å². The van der Waals surface area contributed by atoms with Crippen LogP contribution in [0.4, 0.5) is 0 Å². The molecular formula is C25H28ClN3O. The van der Waals surface area contributed by atoms with Crippen molar-refractivity contribution in [3.05, 3.63) is 65.4 Å². The quantitative estimate of drug-likeness (QED) is 0.579. The molecule has 0 aliphatic carbocycles. The number of carbonyl (C=O) groups excluding carboxylic acids is 1. The number of amides is 1. The number of halogens is 1. The summed E-state index contributed by atoms with van der Waals surface area (Å²) in [4.78, 5) is 17.1. The van der Waals surface area contributed by atoms with Crippen molar-refractivity contribution < 1.29 is 4.79 Å². The minimum absolute atomic E-state index is 0.0210. The molecule has 1 aliphatic heterocycles. The maximum Gasteiger partial charge on any atom is 0.251 e. The Kier molecular flexibility index (Phi) is 5.33. The lowest BCUT2D eigenvalue weighted by Crippen LogP contribution is -2.62. The first kappa shape index (κ1) is 20.8. The van der Waals surface area contributed by atoms with Gasteiger partial charge in [-0.3, -0.25) is 9.78 Å². The lowest BCUT2D eigenvalue weighted by molar-refractivity contribution is 0.0873. The summed E-state index contributed by atoms with van der Waals surface area (Å²) >= 11 is 6.59. The average molecular weight is 422 g/mol. The largest absolute Gasteiger partial charge is 0.349 e. The average Bonchev–Trinajstić information content (AvgIpc) is 2.65. The Morgan fingerprint density at radius 1 is 1.03 bits per heavy atom. The highest BCUT2D eigenvalue weighted by Crippen LogP contribution is 2.32. The van der Waals surface area contributed by atoms with Crippen LogP contribution in [0.1, 0.15) is 50.9 Å². The summed E-state index contributed by atoms with van der Waals surface area (Å²) in [5.41, 5.74) is 2.48. The molecule has 0 radical (unpaired) electrons. The number of nitrogens with one attached hydrogen (secondary N) is 2. The van der Waals surface area contributed by atoms with Gasteiger partial charge < -0.3 is 10.6 Å². The number of pyridine rings is 1. The van der Waals surface area contributed by atoms with Gasteiger partial charge in [0.2, 0.25) is 0 Å². The summed E-state index contributed by atoms with van der Waals surface area (Å²) in [5, 5.41) is 9.62. The number of carbonyl (C=O) groups is 1. The van der Waals surface area contributed by atoms with Gasteiger partial charge in [0.15, 0.2) is 0 Å². The van der Waals surface area contributed by atoms with E-state index in [9.17, 15) is 4.79 Å². The van der Waals surface area contributed by atoms with E-state index < -0.39 is 0 Å². The molecule has 30 heavy (non-hydrogen) atoms. The molecule has 156 valence electrons. The Hall–Kier alpha value is -2.43. The zero-order valence-corrected chi connectivity index (χ0v) is 18.7. The van der Waals surface area contributed by atoms with Crippen LogP contribution in [0.3, 0.4) is 0 Å². The number of hydrogen-bond donors (Lipinski definition) is 2. The summed E-state index contributed by atoms with van der Waals surface area (Å²) in [6.45, 7) is 8.72. The number of nitrogens with zero attached hydrogens (tertiary/aromatic N) is 1. The molecule has 4 nitrogen and oxygen atoms in total. The SMILES string of the molecule is CC1(C)CC(NC(=O)c2ccc(-c3ccc4cnccc4c3)c(Cl)c2)CC(C)(C)N1. The lowest BCUT2D eigenvalue weighted by Gasteiger charge is -2.46. The molecule has 0 bridgehead atoms. The third-order valence-corrected chi connectivity index (χ3v) is 6.02. The molecule has 5 heteroatoms. The number of hydrogen-bond acceptors (Lipinski definition) is 3. The fourth-order valence-electron chi connectivity index (χ4n) is 4.83. The Bertz CT molecular complexity index is 1090. The van der Waals surface area contributed by atoms with Gasteiger partial charge in [-0.25, -0.2) is 0 Å². The molecule has 3 aromatic rings. The van der Waals surface area contributed by atoms with E-state index in [1.807, 2.05) is 36.5 Å². The zero-order valence-electron chi connectivity index (χ0n) is 17.9. The van der Waals surface area contributed by atoms with E-state index >= 15 is 0 Å². The van der Waals surface area contributed by atoms with Crippen molar-refractivity contribution in [3.8, 4) is 11.1 Å². The minimum Gasteiger partial charge on any atom is -0.349 e. The van der Waals surface area contributed by atoms with E-state index in [1.54, 1.807) is 12.3 Å². The molecule has 1 aromatic heterocycles. The normalized spacial score (nSPS) is 18.3. The highest BCUT2D eigenvalue weighted by Gasteiger charge is 2.38. The van der Waals surface area contributed by atoms with Crippen LogP contribution < -0.4 is 10.6 Å². The van der Waals surface area contributed by atoms with Gasteiger partial charge in [-0.1, -0.05) is 29.8 Å². The van der Waals surface area contributed by atoms with Gasteiger partial charge >= 0.3 is 0 Å². The summed E-state index contributed by atoms with van der Waals surface area (Å²) in [6.07, 6.45) is 5.40. The fraction of sp³-hybridized carbons (Fsp3) is 0.360. The van der Waals surface area contributed by atoms with Crippen LogP contribution >= 0.6 is 11.6 Å². The van der Waals surface area contributed by atoms with Crippen LogP contribution in [-0.2, 0) is 0 Å². The highest BCUT2D eigenvalue weighted by atomic mass is 35.5. The van der Waals surface area contributed by atoms with E-state index in [1.165, 1.54) is 0 Å². The molecule has 1 aliphatic rings. The standard InChI is InChI=1S/C25H28ClN3O/c1-24(2)13-20(14-25(3,4)29-24)28-23(30)18-7-8-21(22(26)12-18)17-5-6-19-15-27-10-9-16(19)11-17/h5-12,15,20,29H,13-14H2,1-4H3,(H,28,30). The summed E-state index contributed by atoms with van der Waals surface area (Å²) in [6, 6.07) is 13.8. The summed E-state index contributed by atoms with van der Waals surface area (Å²) in [7, 11) is 0. The first-order valence-corrected chi connectivity index (χ1v) is 10.7. The Morgan fingerprint density at radius 2 is 1.77 bits per heavy atom. The molecule has 0 spiro atoms. The van der Waals surface area contributed by atoms with Gasteiger partial charge in [-0.15, -0.1) is 0 Å². The van der Waals surface area contributed by atoms with Crippen molar-refractivity contribution in [2.75, 3.05) is 0 Å². The summed E-state index contributed by atoms with van der Waals surface area (Å²) < 4.78 is 0. The lowest BCUT2D eigenvalue weighted by atomic mass is 9.79. The molecule has 1 fully saturated rings. The van der Waals surface area contributed by atoms with Gasteiger partial charge in [0.1, 0.15) is 0 Å². The predicted molar refractivity (Wildman–Crippen MR) is 124 cm³/mol. The second-order valence-corrected chi connectivity index (χ2v) is 10.0. The molecule has 2 heterocycles. The Morgan fingerprint density at radius 3 is 2.47 bits per heavy atom. The third kappa shape index (κ3) is 4.50. The molecule has 0 saturated carbocycles. The minimum atomic E-state index is -0.0773. The van der Waals surface area contributed by atoms with Crippen LogP contribution in [0.25, 0.3) is 21.9 Å². The molecule has 0 atom stereocenters. The summed E-state index contributed by atoms with van der Waals surface area (Å²) in [5.74, 6) is -0.0773. The van der Waals surface area contributed by atoms with Crippen molar-refractivity contribution in [2.24, 2.45) is 0 Å². The van der Waals surface area contributed by atoms with Crippen LogP contribution in [0.2, 0.25) is 5.02 Å². The number of aromatic nitrogens is 1. The van der Waals surface area contributed by atoms with Crippen LogP contribution in [-0.4, -0.2) is 28.0 Å². The zero-order chi connectivity index (χ0) is 21.5. The van der Waals surface area contributed by atoms with Gasteiger partial charge in [0.05, 0.1) is 0 Å². The molecule has 2 N–H and O–H groups in total. The van der Waals surface area contributed by atoms with Crippen molar-refractivity contribution in [2.45, 2.75) is 57.7 Å². The van der Waals surface area contributed by atoms with E-state index in [0.717, 1.165) is 34.7 Å². The number of fused-ring (bicyclic) bond motifs is 1. The van der Waals surface area contributed by atoms with Gasteiger partial charge in [-0.05, 0) is 75.8 Å². The van der Waals surface area contributed by atoms with Crippen LogP contribution in [0.15, 0.2) is 54.9 Å². The molecule has 0 unspecified atom stereocenters. The maximum atomic E-state index is 12.9. The molecule has 1 saturated heterocycles. The van der Waals surface area contributed by atoms with E-state index in [-0.39, 0.29) is 23.0 Å². The number of rotatable bonds is 3. The number of piperidine rings is 1. The Balaban J connectivity index is 1.54. The maximum absolute atomic E-state index is 12.9. The molecule has 2 aromatic carbocycles.